The molecule has 0 amide bonds. The predicted octanol–water partition coefficient (Wildman–Crippen LogP) is 2.58. The van der Waals surface area contributed by atoms with E-state index in [9.17, 15) is 0 Å². The number of H-pyrrole nitrogens is 1. The van der Waals surface area contributed by atoms with Crippen LogP contribution < -0.4 is 0 Å². The molecule has 4 nitrogen and oxygen atoms in total. The lowest BCUT2D eigenvalue weighted by Crippen LogP contribution is -2.14. The van der Waals surface area contributed by atoms with Gasteiger partial charge in [-0.05, 0) is 18.6 Å². The van der Waals surface area contributed by atoms with Crippen LogP contribution in [-0.4, -0.2) is 21.6 Å². The van der Waals surface area contributed by atoms with Crippen LogP contribution in [0.4, 0.5) is 0 Å². The number of hydrogen-bond acceptors (Lipinski definition) is 4. The van der Waals surface area contributed by atoms with Gasteiger partial charge in [0, 0.05) is 23.9 Å². The molecule has 2 aromatic rings. The molecule has 1 aliphatic heterocycles. The molecule has 0 aromatic carbocycles. The summed E-state index contributed by atoms with van der Waals surface area (Å²) in [4.78, 5) is 12.1. The third-order valence-corrected chi connectivity index (χ3v) is 3.42. The highest BCUT2D eigenvalue weighted by molar-refractivity contribution is 7.71. The molecule has 2 aromatic heterocycles. The summed E-state index contributed by atoms with van der Waals surface area (Å²) < 4.78 is 6.02. The molecule has 3 rings (SSSR count). The van der Waals surface area contributed by atoms with E-state index in [4.69, 9.17) is 17.0 Å². The van der Waals surface area contributed by atoms with Crippen molar-refractivity contribution in [2.24, 2.45) is 0 Å². The molecule has 0 spiro atoms. The van der Waals surface area contributed by atoms with Gasteiger partial charge in [0.05, 0.1) is 13.2 Å². The Labute approximate surface area is 110 Å². The number of aromatic amines is 1. The van der Waals surface area contributed by atoms with Crippen molar-refractivity contribution in [3.63, 3.8) is 0 Å². The summed E-state index contributed by atoms with van der Waals surface area (Å²) in [6.07, 6.45) is 2.61. The van der Waals surface area contributed by atoms with Crippen LogP contribution in [0.25, 0.3) is 11.5 Å². The molecule has 1 N–H and O–H groups in total. The minimum atomic E-state index is 0.555. The topological polar surface area (TPSA) is 50.8 Å². The smallest absolute Gasteiger partial charge is 0.158 e. The van der Waals surface area contributed by atoms with Crippen molar-refractivity contribution in [1.82, 2.24) is 15.0 Å². The monoisotopic (exact) mass is 259 g/mol. The molecule has 0 saturated heterocycles. The third kappa shape index (κ3) is 1.95. The van der Waals surface area contributed by atoms with Gasteiger partial charge in [-0.25, -0.2) is 4.98 Å². The maximum absolute atomic E-state index is 5.40. The zero-order chi connectivity index (χ0) is 12.5. The lowest BCUT2D eigenvalue weighted by Gasteiger charge is -2.17. The minimum Gasteiger partial charge on any atom is -0.376 e. The number of aromatic nitrogens is 3. The van der Waals surface area contributed by atoms with E-state index in [1.807, 2.05) is 19.1 Å². The van der Waals surface area contributed by atoms with Crippen molar-refractivity contribution < 1.29 is 4.74 Å². The van der Waals surface area contributed by atoms with Gasteiger partial charge >= 0.3 is 0 Å². The molecule has 5 heteroatoms. The fourth-order valence-corrected chi connectivity index (χ4v) is 2.37. The molecular weight excluding hydrogens is 246 g/mol. The lowest BCUT2D eigenvalue weighted by molar-refractivity contribution is 0.108. The number of rotatable bonds is 1. The van der Waals surface area contributed by atoms with E-state index in [2.05, 4.69) is 15.0 Å². The SMILES string of the molecule is Cc1cccnc1-c1nc(=S)c2c([nH]1)CCOC2. The van der Waals surface area contributed by atoms with E-state index in [-0.39, 0.29) is 0 Å². The molecule has 92 valence electrons. The number of nitrogens with one attached hydrogen (secondary N) is 1. The van der Waals surface area contributed by atoms with Crippen LogP contribution >= 0.6 is 12.2 Å². The Hall–Kier alpha value is -1.59. The second-order valence-corrected chi connectivity index (χ2v) is 4.71. The van der Waals surface area contributed by atoms with Gasteiger partial charge in [-0.3, -0.25) is 4.98 Å². The van der Waals surface area contributed by atoms with Gasteiger partial charge in [-0.15, -0.1) is 0 Å². The van der Waals surface area contributed by atoms with Gasteiger partial charge < -0.3 is 9.72 Å². The summed E-state index contributed by atoms with van der Waals surface area (Å²) in [7, 11) is 0. The summed E-state index contributed by atoms with van der Waals surface area (Å²) in [5.74, 6) is 0.749. The van der Waals surface area contributed by atoms with Gasteiger partial charge in [0.25, 0.3) is 0 Å². The average molecular weight is 259 g/mol. The first-order valence-electron chi connectivity index (χ1n) is 5.87. The van der Waals surface area contributed by atoms with Crippen molar-refractivity contribution in [1.29, 1.82) is 0 Å². The summed E-state index contributed by atoms with van der Waals surface area (Å²) in [6.45, 7) is 3.30. The first-order chi connectivity index (χ1) is 8.75. The highest BCUT2D eigenvalue weighted by atomic mass is 32.1. The zero-order valence-corrected chi connectivity index (χ0v) is 10.9. The summed E-state index contributed by atoms with van der Waals surface area (Å²) in [6, 6.07) is 3.93. The quantitative estimate of drug-likeness (QED) is 0.800. The van der Waals surface area contributed by atoms with Gasteiger partial charge in [-0.2, -0.15) is 0 Å². The first-order valence-corrected chi connectivity index (χ1v) is 6.28. The van der Waals surface area contributed by atoms with E-state index in [1.165, 1.54) is 0 Å². The van der Waals surface area contributed by atoms with E-state index in [1.54, 1.807) is 6.20 Å². The van der Waals surface area contributed by atoms with E-state index in [0.717, 1.165) is 41.4 Å². The normalized spacial score (nSPS) is 14.3. The Morgan fingerprint density at radius 3 is 3.17 bits per heavy atom. The van der Waals surface area contributed by atoms with E-state index >= 15 is 0 Å². The van der Waals surface area contributed by atoms with Gasteiger partial charge in [0.1, 0.15) is 10.3 Å². The Balaban J connectivity index is 2.17. The minimum absolute atomic E-state index is 0.555. The molecular formula is C13H13N3OS. The predicted molar refractivity (Wildman–Crippen MR) is 70.7 cm³/mol. The van der Waals surface area contributed by atoms with E-state index in [0.29, 0.717) is 11.2 Å². The highest BCUT2D eigenvalue weighted by Gasteiger charge is 2.15. The summed E-state index contributed by atoms with van der Waals surface area (Å²) >= 11 is 5.33. The number of hydrogen-bond donors (Lipinski definition) is 1. The van der Waals surface area contributed by atoms with Crippen molar-refractivity contribution in [2.75, 3.05) is 6.61 Å². The summed E-state index contributed by atoms with van der Waals surface area (Å²) in [5.41, 5.74) is 4.08. The lowest BCUT2D eigenvalue weighted by atomic mass is 10.1. The van der Waals surface area contributed by atoms with E-state index < -0.39 is 0 Å². The second kappa shape index (κ2) is 4.59. The van der Waals surface area contributed by atoms with Crippen LogP contribution in [0.3, 0.4) is 0 Å². The number of fused-ring (bicyclic) bond motifs is 1. The van der Waals surface area contributed by atoms with Crippen LogP contribution in [-0.2, 0) is 17.8 Å². The van der Waals surface area contributed by atoms with Crippen LogP contribution in [0.1, 0.15) is 16.8 Å². The van der Waals surface area contributed by atoms with Crippen LogP contribution in [0.5, 0.6) is 0 Å². The fraction of sp³-hybridized carbons (Fsp3) is 0.308. The second-order valence-electron chi connectivity index (χ2n) is 4.32. The standard InChI is InChI=1S/C13H13N3OS/c1-8-3-2-5-14-11(8)12-15-10-4-6-17-7-9(10)13(18)16-12/h2-3,5H,4,6-7H2,1H3,(H,15,16,18). The van der Waals surface area contributed by atoms with Crippen molar-refractivity contribution in [3.8, 4) is 11.5 Å². The fourth-order valence-electron chi connectivity index (χ4n) is 2.10. The van der Waals surface area contributed by atoms with Gasteiger partial charge in [0.2, 0.25) is 0 Å². The number of aryl methyl sites for hydroxylation is 1. The van der Waals surface area contributed by atoms with Gasteiger partial charge in [0.15, 0.2) is 5.82 Å². The molecule has 3 heterocycles. The van der Waals surface area contributed by atoms with Crippen LogP contribution in [0.15, 0.2) is 18.3 Å². The Morgan fingerprint density at radius 2 is 2.33 bits per heavy atom. The Kier molecular flexibility index (Phi) is 2.93. The molecule has 0 saturated carbocycles. The van der Waals surface area contributed by atoms with Gasteiger partial charge in [-0.1, -0.05) is 18.3 Å². The zero-order valence-electron chi connectivity index (χ0n) is 10.1. The largest absolute Gasteiger partial charge is 0.376 e. The van der Waals surface area contributed by atoms with Crippen LogP contribution in [0, 0.1) is 11.6 Å². The van der Waals surface area contributed by atoms with Crippen molar-refractivity contribution in [2.45, 2.75) is 20.0 Å². The number of ether oxygens (including phenoxy) is 1. The number of pyridine rings is 1. The highest BCUT2D eigenvalue weighted by Crippen LogP contribution is 2.21. The maximum Gasteiger partial charge on any atom is 0.158 e. The maximum atomic E-state index is 5.40. The van der Waals surface area contributed by atoms with Crippen molar-refractivity contribution >= 4 is 12.2 Å². The van der Waals surface area contributed by atoms with Crippen LogP contribution in [0.2, 0.25) is 0 Å². The molecule has 0 unspecified atom stereocenters. The number of nitrogens with zero attached hydrogens (tertiary/aromatic N) is 2. The Bertz CT molecular complexity index is 651. The molecule has 0 fully saturated rings. The molecule has 0 aliphatic carbocycles. The average Bonchev–Trinajstić information content (AvgIpc) is 2.39. The summed E-state index contributed by atoms with van der Waals surface area (Å²) in [5, 5.41) is 0. The Morgan fingerprint density at radius 1 is 1.44 bits per heavy atom. The molecule has 18 heavy (non-hydrogen) atoms. The molecule has 0 atom stereocenters. The molecule has 1 aliphatic rings. The first kappa shape index (κ1) is 11.5. The van der Waals surface area contributed by atoms with Crippen molar-refractivity contribution in [3.05, 3.63) is 39.8 Å². The molecule has 0 bridgehead atoms. The third-order valence-electron chi connectivity index (χ3n) is 3.08. The molecule has 0 radical (unpaired) electrons.